The molecule has 9 atom stereocenters. The molecule has 0 aliphatic carbocycles. The summed E-state index contributed by atoms with van der Waals surface area (Å²) in [5.74, 6) is 2.42. The van der Waals surface area contributed by atoms with Crippen molar-refractivity contribution in [2.75, 3.05) is 52.5 Å². The fourth-order valence-corrected chi connectivity index (χ4v) is 6.85. The number of benzene rings is 3. The van der Waals surface area contributed by atoms with E-state index in [0.29, 0.717) is 25.1 Å². The van der Waals surface area contributed by atoms with Gasteiger partial charge in [0.15, 0.2) is 0 Å². The molecule has 0 aromatic heterocycles. The van der Waals surface area contributed by atoms with Gasteiger partial charge in [-0.1, -0.05) is 55.5 Å². The van der Waals surface area contributed by atoms with Crippen molar-refractivity contribution >= 4 is 0 Å². The van der Waals surface area contributed by atoms with Crippen LogP contribution in [0.1, 0.15) is 69.7 Å². The van der Waals surface area contributed by atoms with E-state index in [9.17, 15) is 5.11 Å². The highest BCUT2D eigenvalue weighted by Gasteiger charge is 2.33. The molecule has 3 fully saturated rings. The molecular formula is C40H55N3O3. The van der Waals surface area contributed by atoms with Gasteiger partial charge in [0.2, 0.25) is 0 Å². The number of ether oxygens (including phenoxy) is 2. The Hall–Kier alpha value is -2.90. The molecule has 0 bridgehead atoms. The monoisotopic (exact) mass is 625 g/mol. The van der Waals surface area contributed by atoms with Crippen molar-refractivity contribution in [2.24, 2.45) is 5.92 Å². The van der Waals surface area contributed by atoms with Gasteiger partial charge in [-0.3, -0.25) is 14.7 Å². The molecular weight excluding hydrogens is 570 g/mol. The summed E-state index contributed by atoms with van der Waals surface area (Å²) < 4.78 is 12.1. The van der Waals surface area contributed by atoms with Crippen LogP contribution in [0.2, 0.25) is 0 Å². The van der Waals surface area contributed by atoms with E-state index in [0.717, 1.165) is 56.1 Å². The highest BCUT2D eigenvalue weighted by molar-refractivity contribution is 5.51. The Bertz CT molecular complexity index is 1320. The first-order valence-corrected chi connectivity index (χ1v) is 17.7. The van der Waals surface area contributed by atoms with Gasteiger partial charge in [0.25, 0.3) is 0 Å². The second-order valence-corrected chi connectivity index (χ2v) is 14.6. The lowest BCUT2D eigenvalue weighted by atomic mass is 9.71. The molecule has 6 nitrogen and oxygen atoms in total. The van der Waals surface area contributed by atoms with Crippen LogP contribution < -0.4 is 9.47 Å². The fourth-order valence-electron chi connectivity index (χ4n) is 6.85. The average molecular weight is 626 g/mol. The first-order chi connectivity index (χ1) is 22.2. The molecule has 1 N–H and O–H groups in total. The maximum absolute atomic E-state index is 10.4. The minimum Gasteiger partial charge on any atom is -0.494 e. The van der Waals surface area contributed by atoms with E-state index in [4.69, 9.17) is 9.47 Å². The van der Waals surface area contributed by atoms with Gasteiger partial charge in [-0.25, -0.2) is 0 Å². The van der Waals surface area contributed by atoms with E-state index in [2.05, 4.69) is 110 Å². The SMILES string of the molecule is CC(CCc1ccc(C(C)(c2ccc(OCCCN3CC3C)cc2)c2ccc(OCC(O)CN3CC3C)cc2)cc1)CN1CC1C. The summed E-state index contributed by atoms with van der Waals surface area (Å²) in [7, 11) is 0. The Kier molecular flexibility index (Phi) is 10.4. The van der Waals surface area contributed by atoms with E-state index >= 15 is 0 Å². The smallest absolute Gasteiger partial charge is 0.119 e. The van der Waals surface area contributed by atoms with Crippen LogP contribution in [-0.4, -0.2) is 96.5 Å². The normalized spacial score (nSPS) is 27.3. The quantitative estimate of drug-likeness (QED) is 0.103. The molecule has 3 aromatic carbocycles. The van der Waals surface area contributed by atoms with Crippen LogP contribution in [0.15, 0.2) is 72.8 Å². The fraction of sp³-hybridized carbons (Fsp3) is 0.550. The molecule has 3 heterocycles. The maximum atomic E-state index is 10.4. The van der Waals surface area contributed by atoms with Crippen LogP contribution in [0.4, 0.5) is 0 Å². The van der Waals surface area contributed by atoms with Crippen LogP contribution in [0, 0.1) is 5.92 Å². The molecule has 0 spiro atoms. The first kappa shape index (κ1) is 33.0. The number of aliphatic hydroxyl groups excluding tert-OH is 1. The van der Waals surface area contributed by atoms with Crippen molar-refractivity contribution in [3.8, 4) is 11.5 Å². The lowest BCUT2D eigenvalue weighted by Gasteiger charge is -2.32. The molecule has 3 saturated heterocycles. The van der Waals surface area contributed by atoms with E-state index in [1.54, 1.807) is 0 Å². The predicted molar refractivity (Wildman–Crippen MR) is 187 cm³/mol. The lowest BCUT2D eigenvalue weighted by Crippen LogP contribution is -2.27. The molecule has 3 aliphatic rings. The third-order valence-electron chi connectivity index (χ3n) is 10.6. The second-order valence-electron chi connectivity index (χ2n) is 14.6. The number of hydrogen-bond donors (Lipinski definition) is 1. The second kappa shape index (κ2) is 14.5. The third kappa shape index (κ3) is 8.51. The van der Waals surface area contributed by atoms with Crippen molar-refractivity contribution in [2.45, 2.75) is 83.5 Å². The molecule has 9 unspecified atom stereocenters. The van der Waals surface area contributed by atoms with Crippen molar-refractivity contribution in [1.82, 2.24) is 14.7 Å². The van der Waals surface area contributed by atoms with Crippen molar-refractivity contribution in [1.29, 1.82) is 0 Å². The van der Waals surface area contributed by atoms with Gasteiger partial charge in [-0.2, -0.15) is 0 Å². The Balaban J connectivity index is 1.14. The predicted octanol–water partition coefficient (Wildman–Crippen LogP) is 6.23. The van der Waals surface area contributed by atoms with Gasteiger partial charge in [0.1, 0.15) is 24.2 Å². The summed E-state index contributed by atoms with van der Waals surface area (Å²) in [6, 6.07) is 28.5. The minimum absolute atomic E-state index is 0.301. The number of aryl methyl sites for hydroxylation is 1. The topological polar surface area (TPSA) is 47.7 Å². The summed E-state index contributed by atoms with van der Waals surface area (Å²) in [4.78, 5) is 7.29. The number of rotatable bonds is 18. The van der Waals surface area contributed by atoms with Crippen LogP contribution >= 0.6 is 0 Å². The van der Waals surface area contributed by atoms with E-state index in [1.807, 2.05) is 12.1 Å². The largest absolute Gasteiger partial charge is 0.494 e. The molecule has 3 aliphatic heterocycles. The van der Waals surface area contributed by atoms with Crippen molar-refractivity contribution in [3.63, 3.8) is 0 Å². The van der Waals surface area contributed by atoms with E-state index < -0.39 is 6.10 Å². The lowest BCUT2D eigenvalue weighted by molar-refractivity contribution is 0.0925. The first-order valence-electron chi connectivity index (χ1n) is 17.7. The average Bonchev–Trinajstić information content (AvgIpc) is 4.03. The van der Waals surface area contributed by atoms with E-state index in [1.165, 1.54) is 48.3 Å². The summed E-state index contributed by atoms with van der Waals surface area (Å²) in [6.07, 6.45) is 2.89. The molecule has 0 saturated carbocycles. The Morgan fingerprint density at radius 2 is 1.20 bits per heavy atom. The number of nitrogens with zero attached hydrogens (tertiary/aromatic N) is 3. The highest BCUT2D eigenvalue weighted by atomic mass is 16.5. The van der Waals surface area contributed by atoms with Crippen molar-refractivity contribution < 1.29 is 14.6 Å². The summed E-state index contributed by atoms with van der Waals surface area (Å²) in [5.41, 5.74) is 4.73. The molecule has 0 radical (unpaired) electrons. The standard InChI is InChI=1S/C40H55N3O3/c1-29(23-42-25-31(42)3)7-8-33-9-11-34(12-10-33)40(5,35-13-17-38(18-14-35)45-22-6-21-41-24-30(41)2)36-15-19-39(20-16-36)46-28-37(44)27-43-26-32(43)4/h9-20,29-32,37,44H,6-8,21-28H2,1-5H3. The molecule has 46 heavy (non-hydrogen) atoms. The summed E-state index contributed by atoms with van der Waals surface area (Å²) >= 11 is 0. The van der Waals surface area contributed by atoms with Gasteiger partial charge in [-0.05, 0) is 99.4 Å². The van der Waals surface area contributed by atoms with Gasteiger partial charge in [0.05, 0.1) is 6.61 Å². The minimum atomic E-state index is -0.485. The van der Waals surface area contributed by atoms with Gasteiger partial charge >= 0.3 is 0 Å². The third-order valence-corrected chi connectivity index (χ3v) is 10.6. The molecule has 6 heteroatoms. The number of hydrogen-bond acceptors (Lipinski definition) is 6. The van der Waals surface area contributed by atoms with Gasteiger partial charge < -0.3 is 14.6 Å². The summed E-state index contributed by atoms with van der Waals surface area (Å²) in [5, 5.41) is 10.4. The van der Waals surface area contributed by atoms with Gasteiger partial charge in [-0.15, -0.1) is 0 Å². The van der Waals surface area contributed by atoms with Crippen LogP contribution in [0.3, 0.4) is 0 Å². The summed E-state index contributed by atoms with van der Waals surface area (Å²) in [6.45, 7) is 19.1. The van der Waals surface area contributed by atoms with E-state index in [-0.39, 0.29) is 5.41 Å². The van der Waals surface area contributed by atoms with Crippen LogP contribution in [0.25, 0.3) is 0 Å². The number of aliphatic hydroxyl groups is 1. The van der Waals surface area contributed by atoms with Gasteiger partial charge in [0, 0.05) is 62.8 Å². The number of β-amino-alcohol motifs (C(OH)–C–C–N with tert-alkyl or cyclic N) is 1. The van der Waals surface area contributed by atoms with Crippen molar-refractivity contribution in [3.05, 3.63) is 95.1 Å². The Labute approximate surface area is 277 Å². The van der Waals surface area contributed by atoms with Crippen LogP contribution in [-0.2, 0) is 11.8 Å². The zero-order chi connectivity index (χ0) is 32.3. The Morgan fingerprint density at radius 3 is 1.72 bits per heavy atom. The maximum Gasteiger partial charge on any atom is 0.119 e. The molecule has 3 aromatic rings. The molecule has 248 valence electrons. The Morgan fingerprint density at radius 1 is 0.717 bits per heavy atom. The molecule has 0 amide bonds. The zero-order valence-electron chi connectivity index (χ0n) is 28.7. The molecule has 6 rings (SSSR count). The zero-order valence-corrected chi connectivity index (χ0v) is 28.7. The highest BCUT2D eigenvalue weighted by Crippen LogP contribution is 2.40. The van der Waals surface area contributed by atoms with Crippen LogP contribution in [0.5, 0.6) is 11.5 Å².